The lowest BCUT2D eigenvalue weighted by atomic mass is 10.1. The zero-order valence-electron chi connectivity index (χ0n) is 15.7. The first-order valence-corrected chi connectivity index (χ1v) is 10.0. The SMILES string of the molecule is CCNC(=NCc1ccccc1CS(=O)(=O)NC(C)C)NC(C)C.I. The minimum atomic E-state index is -3.35. The van der Waals surface area contributed by atoms with Gasteiger partial charge in [-0.05, 0) is 45.7 Å². The average molecular weight is 482 g/mol. The third kappa shape index (κ3) is 10.0. The van der Waals surface area contributed by atoms with Crippen LogP contribution in [-0.2, 0) is 22.3 Å². The Balaban J connectivity index is 0.00000576. The molecule has 6 nitrogen and oxygen atoms in total. The molecule has 1 rings (SSSR count). The average Bonchev–Trinajstić information content (AvgIpc) is 2.44. The van der Waals surface area contributed by atoms with Crippen molar-refractivity contribution in [3.05, 3.63) is 35.4 Å². The fraction of sp³-hybridized carbons (Fsp3) is 0.588. The molecule has 144 valence electrons. The van der Waals surface area contributed by atoms with Crippen molar-refractivity contribution in [3.8, 4) is 0 Å². The summed E-state index contributed by atoms with van der Waals surface area (Å²) in [6.45, 7) is 10.9. The summed E-state index contributed by atoms with van der Waals surface area (Å²) in [5.41, 5.74) is 1.68. The number of guanidine groups is 1. The standard InChI is InChI=1S/C17H30N4O2S.HI/c1-6-18-17(20-13(2)3)19-11-15-9-7-8-10-16(15)12-24(22,23)21-14(4)5;/h7-10,13-14,21H,6,11-12H2,1-5H3,(H2,18,19,20);1H. The van der Waals surface area contributed by atoms with Crippen LogP contribution >= 0.6 is 24.0 Å². The minimum absolute atomic E-state index is 0. The van der Waals surface area contributed by atoms with Crippen molar-refractivity contribution >= 4 is 40.0 Å². The molecule has 0 amide bonds. The predicted octanol–water partition coefficient (Wildman–Crippen LogP) is 2.60. The number of nitrogens with zero attached hydrogens (tertiary/aromatic N) is 1. The van der Waals surface area contributed by atoms with Crippen LogP contribution in [0.4, 0.5) is 0 Å². The summed E-state index contributed by atoms with van der Waals surface area (Å²) in [6, 6.07) is 7.67. The van der Waals surface area contributed by atoms with E-state index in [-0.39, 0.29) is 41.8 Å². The van der Waals surface area contributed by atoms with Crippen molar-refractivity contribution in [1.82, 2.24) is 15.4 Å². The maximum absolute atomic E-state index is 12.2. The number of nitrogens with one attached hydrogen (secondary N) is 3. The Morgan fingerprint density at radius 1 is 1.08 bits per heavy atom. The summed E-state index contributed by atoms with van der Waals surface area (Å²) in [6.07, 6.45) is 0. The molecule has 1 aromatic rings. The molecule has 0 unspecified atom stereocenters. The van der Waals surface area contributed by atoms with E-state index in [1.807, 2.05) is 58.9 Å². The fourth-order valence-corrected chi connectivity index (χ4v) is 3.71. The molecule has 0 aliphatic heterocycles. The highest BCUT2D eigenvalue weighted by Gasteiger charge is 2.15. The van der Waals surface area contributed by atoms with Crippen molar-refractivity contribution < 1.29 is 8.42 Å². The van der Waals surface area contributed by atoms with Gasteiger partial charge in [0.05, 0.1) is 12.3 Å². The molecule has 0 saturated heterocycles. The van der Waals surface area contributed by atoms with Gasteiger partial charge in [0.15, 0.2) is 5.96 Å². The van der Waals surface area contributed by atoms with Crippen LogP contribution in [0.15, 0.2) is 29.3 Å². The van der Waals surface area contributed by atoms with Gasteiger partial charge in [-0.1, -0.05) is 24.3 Å². The van der Waals surface area contributed by atoms with Crippen molar-refractivity contribution in [3.63, 3.8) is 0 Å². The number of hydrogen-bond acceptors (Lipinski definition) is 3. The molecule has 0 heterocycles. The van der Waals surface area contributed by atoms with Crippen LogP contribution in [0.3, 0.4) is 0 Å². The second-order valence-electron chi connectivity index (χ2n) is 6.29. The Bertz CT molecular complexity index is 646. The topological polar surface area (TPSA) is 82.6 Å². The maximum atomic E-state index is 12.2. The van der Waals surface area contributed by atoms with Crippen LogP contribution in [0, 0.1) is 0 Å². The molecule has 8 heteroatoms. The van der Waals surface area contributed by atoms with Gasteiger partial charge in [0.1, 0.15) is 0 Å². The second kappa shape index (κ2) is 11.7. The number of halogens is 1. The summed E-state index contributed by atoms with van der Waals surface area (Å²) >= 11 is 0. The monoisotopic (exact) mass is 482 g/mol. The van der Waals surface area contributed by atoms with E-state index >= 15 is 0 Å². The Kier molecular flexibility index (Phi) is 11.3. The first kappa shape index (κ1) is 24.1. The zero-order valence-corrected chi connectivity index (χ0v) is 18.8. The lowest BCUT2D eigenvalue weighted by Gasteiger charge is -2.15. The molecular weight excluding hydrogens is 451 g/mol. The van der Waals surface area contributed by atoms with Crippen LogP contribution in [-0.4, -0.2) is 33.0 Å². The molecule has 0 saturated carbocycles. The Morgan fingerprint density at radius 2 is 1.68 bits per heavy atom. The van der Waals surface area contributed by atoms with Gasteiger partial charge in [0, 0.05) is 18.6 Å². The fourth-order valence-electron chi connectivity index (χ4n) is 2.22. The van der Waals surface area contributed by atoms with Crippen molar-refractivity contribution in [2.24, 2.45) is 4.99 Å². The van der Waals surface area contributed by atoms with Crippen LogP contribution < -0.4 is 15.4 Å². The van der Waals surface area contributed by atoms with E-state index in [0.29, 0.717) is 6.54 Å². The highest BCUT2D eigenvalue weighted by Crippen LogP contribution is 2.13. The zero-order chi connectivity index (χ0) is 18.2. The molecule has 0 aliphatic carbocycles. The Hall–Kier alpha value is -0.870. The van der Waals surface area contributed by atoms with Crippen LogP contribution in [0.1, 0.15) is 45.7 Å². The summed E-state index contributed by atoms with van der Waals surface area (Å²) in [5, 5.41) is 6.44. The summed E-state index contributed by atoms with van der Waals surface area (Å²) in [4.78, 5) is 4.55. The van der Waals surface area contributed by atoms with E-state index in [0.717, 1.165) is 23.6 Å². The predicted molar refractivity (Wildman–Crippen MR) is 116 cm³/mol. The molecule has 0 spiro atoms. The third-order valence-electron chi connectivity index (χ3n) is 3.06. The van der Waals surface area contributed by atoms with Crippen molar-refractivity contribution in [1.29, 1.82) is 0 Å². The van der Waals surface area contributed by atoms with Crippen LogP contribution in [0.25, 0.3) is 0 Å². The molecule has 0 atom stereocenters. The number of aliphatic imine (C=N–C) groups is 1. The van der Waals surface area contributed by atoms with Crippen molar-refractivity contribution in [2.75, 3.05) is 6.54 Å². The van der Waals surface area contributed by atoms with Gasteiger partial charge in [-0.25, -0.2) is 18.1 Å². The number of sulfonamides is 1. The molecular formula is C17H31IN4O2S. The Morgan fingerprint density at radius 3 is 2.20 bits per heavy atom. The van der Waals surface area contributed by atoms with E-state index in [1.54, 1.807) is 0 Å². The lowest BCUT2D eigenvalue weighted by Crippen LogP contribution is -2.41. The summed E-state index contributed by atoms with van der Waals surface area (Å²) in [7, 11) is -3.35. The molecule has 25 heavy (non-hydrogen) atoms. The highest BCUT2D eigenvalue weighted by molar-refractivity contribution is 14.0. The van der Waals surface area contributed by atoms with E-state index in [1.165, 1.54) is 0 Å². The van der Waals surface area contributed by atoms with Gasteiger partial charge in [0.25, 0.3) is 0 Å². The molecule has 0 radical (unpaired) electrons. The number of hydrogen-bond donors (Lipinski definition) is 3. The molecule has 3 N–H and O–H groups in total. The van der Waals surface area contributed by atoms with E-state index < -0.39 is 10.0 Å². The number of benzene rings is 1. The number of rotatable bonds is 8. The van der Waals surface area contributed by atoms with E-state index in [4.69, 9.17) is 0 Å². The van der Waals surface area contributed by atoms with Gasteiger partial charge in [-0.2, -0.15) is 0 Å². The maximum Gasteiger partial charge on any atom is 0.216 e. The van der Waals surface area contributed by atoms with Crippen LogP contribution in [0.2, 0.25) is 0 Å². The molecule has 0 aromatic heterocycles. The van der Waals surface area contributed by atoms with Gasteiger partial charge >= 0.3 is 0 Å². The third-order valence-corrected chi connectivity index (χ3v) is 4.58. The Labute approximate surface area is 169 Å². The normalized spacial score (nSPS) is 12.2. The van der Waals surface area contributed by atoms with Gasteiger partial charge in [0.2, 0.25) is 10.0 Å². The van der Waals surface area contributed by atoms with Gasteiger partial charge < -0.3 is 10.6 Å². The molecule has 1 aromatic carbocycles. The van der Waals surface area contributed by atoms with Crippen LogP contribution in [0.5, 0.6) is 0 Å². The van der Waals surface area contributed by atoms with Crippen molar-refractivity contribution in [2.45, 2.75) is 59.0 Å². The summed E-state index contributed by atoms with van der Waals surface area (Å²) < 4.78 is 27.0. The van der Waals surface area contributed by atoms with E-state index in [9.17, 15) is 8.42 Å². The molecule has 0 aliphatic rings. The first-order valence-electron chi connectivity index (χ1n) is 8.35. The largest absolute Gasteiger partial charge is 0.357 e. The van der Waals surface area contributed by atoms with Gasteiger partial charge in [-0.3, -0.25) is 0 Å². The smallest absolute Gasteiger partial charge is 0.216 e. The second-order valence-corrected chi connectivity index (χ2v) is 8.05. The molecule has 0 bridgehead atoms. The minimum Gasteiger partial charge on any atom is -0.357 e. The van der Waals surface area contributed by atoms with E-state index in [2.05, 4.69) is 20.3 Å². The van der Waals surface area contributed by atoms with Gasteiger partial charge in [-0.15, -0.1) is 24.0 Å². The lowest BCUT2D eigenvalue weighted by molar-refractivity contribution is 0.569. The highest BCUT2D eigenvalue weighted by atomic mass is 127. The summed E-state index contributed by atoms with van der Waals surface area (Å²) in [5.74, 6) is 0.691. The molecule has 0 fully saturated rings. The first-order chi connectivity index (χ1) is 11.2. The quantitative estimate of drug-likeness (QED) is 0.302.